The summed E-state index contributed by atoms with van der Waals surface area (Å²) in [7, 11) is 0. The first-order valence-electron chi connectivity index (χ1n) is 6.99. The van der Waals surface area contributed by atoms with Crippen LogP contribution in [0.2, 0.25) is 0 Å². The molecular formula is C15H20N2O2S. The van der Waals surface area contributed by atoms with Crippen molar-refractivity contribution in [2.24, 2.45) is 5.92 Å². The van der Waals surface area contributed by atoms with Crippen molar-refractivity contribution in [2.75, 3.05) is 6.54 Å². The van der Waals surface area contributed by atoms with Crippen molar-refractivity contribution in [3.8, 4) is 0 Å². The molecule has 0 aliphatic carbocycles. The Kier molecular flexibility index (Phi) is 4.95. The number of aromatic nitrogens is 1. The Bertz CT molecular complexity index is 643. The van der Waals surface area contributed by atoms with Gasteiger partial charge in [-0.1, -0.05) is 38.8 Å². The lowest BCUT2D eigenvalue weighted by atomic mass is 10.1. The first-order chi connectivity index (χ1) is 9.59. The number of carbonyl (C=O) groups excluding carboxylic acids is 1. The third-order valence-electron chi connectivity index (χ3n) is 3.16. The van der Waals surface area contributed by atoms with Crippen LogP contribution in [0, 0.1) is 5.92 Å². The highest BCUT2D eigenvalue weighted by molar-refractivity contribution is 7.14. The van der Waals surface area contributed by atoms with Crippen LogP contribution >= 0.6 is 11.5 Å². The van der Waals surface area contributed by atoms with Crippen molar-refractivity contribution in [1.82, 2.24) is 9.27 Å². The topological polar surface area (TPSA) is 51.1 Å². The second kappa shape index (κ2) is 6.70. The van der Waals surface area contributed by atoms with Gasteiger partial charge in [0, 0.05) is 6.54 Å². The molecule has 1 N–H and O–H groups in total. The van der Waals surface area contributed by atoms with Gasteiger partial charge in [-0.3, -0.25) is 4.79 Å². The summed E-state index contributed by atoms with van der Waals surface area (Å²) in [6, 6.07) is 6.96. The first kappa shape index (κ1) is 14.8. The molecule has 0 saturated carbocycles. The van der Waals surface area contributed by atoms with Gasteiger partial charge in [-0.15, -0.1) is 0 Å². The summed E-state index contributed by atoms with van der Waals surface area (Å²) in [5.74, 6) is 0.691. The second-order valence-corrected chi connectivity index (χ2v) is 6.30. The average molecular weight is 292 g/mol. The third-order valence-corrected chi connectivity index (χ3v) is 4.23. The van der Waals surface area contributed by atoms with E-state index in [-0.39, 0.29) is 11.6 Å². The van der Waals surface area contributed by atoms with Crippen molar-refractivity contribution < 1.29 is 4.79 Å². The third kappa shape index (κ3) is 3.48. The van der Waals surface area contributed by atoms with Gasteiger partial charge in [0.2, 0.25) is 0 Å². The molecule has 1 heterocycles. The number of benzene rings is 1. The summed E-state index contributed by atoms with van der Waals surface area (Å²) >= 11 is 1.19. The lowest BCUT2D eigenvalue weighted by Crippen LogP contribution is -2.33. The van der Waals surface area contributed by atoms with Gasteiger partial charge in [-0.2, -0.15) is 3.96 Å². The fraction of sp³-hybridized carbons (Fsp3) is 0.467. The normalized spacial score (nSPS) is 11.2. The molecule has 20 heavy (non-hydrogen) atoms. The Morgan fingerprint density at radius 1 is 1.30 bits per heavy atom. The number of unbranched alkanes of at least 4 members (excludes halogenated alkanes) is 1. The Morgan fingerprint density at radius 2 is 2.05 bits per heavy atom. The monoisotopic (exact) mass is 292 g/mol. The van der Waals surface area contributed by atoms with E-state index >= 15 is 0 Å². The SMILES string of the molecule is CC(C)CCCCNC(=O)n1sc2ccccc2c1=O. The van der Waals surface area contributed by atoms with Crippen LogP contribution in [0.25, 0.3) is 10.1 Å². The van der Waals surface area contributed by atoms with Crippen LogP contribution < -0.4 is 10.9 Å². The minimum Gasteiger partial charge on any atom is -0.337 e. The van der Waals surface area contributed by atoms with E-state index in [0.29, 0.717) is 17.8 Å². The molecular weight excluding hydrogens is 272 g/mol. The maximum absolute atomic E-state index is 12.1. The highest BCUT2D eigenvalue weighted by Gasteiger charge is 2.12. The molecule has 0 radical (unpaired) electrons. The van der Waals surface area contributed by atoms with E-state index in [4.69, 9.17) is 0 Å². The molecule has 0 spiro atoms. The molecule has 1 aromatic carbocycles. The van der Waals surface area contributed by atoms with Gasteiger partial charge in [-0.25, -0.2) is 4.79 Å². The van der Waals surface area contributed by atoms with Crippen LogP contribution in [0.1, 0.15) is 33.1 Å². The van der Waals surface area contributed by atoms with Gasteiger partial charge in [0.1, 0.15) is 0 Å². The Morgan fingerprint density at radius 3 is 2.75 bits per heavy atom. The lowest BCUT2D eigenvalue weighted by molar-refractivity contribution is 0.243. The van der Waals surface area contributed by atoms with Gasteiger partial charge in [0.05, 0.1) is 10.1 Å². The molecule has 0 fully saturated rings. The summed E-state index contributed by atoms with van der Waals surface area (Å²) in [6.45, 7) is 5.00. The summed E-state index contributed by atoms with van der Waals surface area (Å²) in [5.41, 5.74) is -0.231. The molecule has 4 nitrogen and oxygen atoms in total. The number of hydrogen-bond donors (Lipinski definition) is 1. The number of hydrogen-bond acceptors (Lipinski definition) is 3. The first-order valence-corrected chi connectivity index (χ1v) is 7.76. The van der Waals surface area contributed by atoms with E-state index in [2.05, 4.69) is 19.2 Å². The Balaban J connectivity index is 1.95. The van der Waals surface area contributed by atoms with Crippen LogP contribution in [0.5, 0.6) is 0 Å². The minimum atomic E-state index is -0.319. The highest BCUT2D eigenvalue weighted by Crippen LogP contribution is 2.15. The maximum atomic E-state index is 12.1. The molecule has 0 aliphatic rings. The van der Waals surface area contributed by atoms with Crippen LogP contribution in [-0.4, -0.2) is 16.5 Å². The average Bonchev–Trinajstić information content (AvgIpc) is 2.76. The van der Waals surface area contributed by atoms with Crippen molar-refractivity contribution in [2.45, 2.75) is 33.1 Å². The zero-order valence-electron chi connectivity index (χ0n) is 11.9. The van der Waals surface area contributed by atoms with Crippen molar-refractivity contribution in [3.05, 3.63) is 34.6 Å². The summed E-state index contributed by atoms with van der Waals surface area (Å²) < 4.78 is 2.04. The zero-order chi connectivity index (χ0) is 14.5. The summed E-state index contributed by atoms with van der Waals surface area (Å²) in [6.07, 6.45) is 3.21. The van der Waals surface area contributed by atoms with E-state index in [1.54, 1.807) is 6.07 Å². The van der Waals surface area contributed by atoms with Crippen LogP contribution in [0.3, 0.4) is 0 Å². The Hall–Kier alpha value is -1.62. The quantitative estimate of drug-likeness (QED) is 0.858. The van der Waals surface area contributed by atoms with Crippen LogP contribution in [-0.2, 0) is 0 Å². The van der Waals surface area contributed by atoms with Gasteiger partial charge < -0.3 is 5.32 Å². The molecule has 1 amide bonds. The van der Waals surface area contributed by atoms with E-state index < -0.39 is 0 Å². The van der Waals surface area contributed by atoms with E-state index in [9.17, 15) is 9.59 Å². The molecule has 0 atom stereocenters. The molecule has 0 unspecified atom stereocenters. The Labute approximate surface area is 122 Å². The molecule has 0 bridgehead atoms. The molecule has 1 aromatic heterocycles. The number of carbonyl (C=O) groups is 1. The predicted molar refractivity (Wildman–Crippen MR) is 83.6 cm³/mol. The molecule has 2 aromatic rings. The lowest BCUT2D eigenvalue weighted by Gasteiger charge is -2.05. The molecule has 0 saturated heterocycles. The van der Waals surface area contributed by atoms with Crippen molar-refractivity contribution in [3.63, 3.8) is 0 Å². The number of fused-ring (bicyclic) bond motifs is 1. The van der Waals surface area contributed by atoms with Crippen molar-refractivity contribution >= 4 is 27.6 Å². The van der Waals surface area contributed by atoms with Crippen LogP contribution in [0.4, 0.5) is 4.79 Å². The fourth-order valence-electron chi connectivity index (χ4n) is 2.05. The molecule has 2 rings (SSSR count). The highest BCUT2D eigenvalue weighted by atomic mass is 32.1. The van der Waals surface area contributed by atoms with E-state index in [1.165, 1.54) is 21.9 Å². The standard InChI is InChI=1S/C15H20N2O2S/c1-11(2)7-5-6-10-16-15(19)17-14(18)12-8-3-4-9-13(12)20-17/h3-4,8-9,11H,5-7,10H2,1-2H3,(H,16,19). The van der Waals surface area contributed by atoms with Gasteiger partial charge in [-0.05, 0) is 36.0 Å². The van der Waals surface area contributed by atoms with Gasteiger partial charge in [0.25, 0.3) is 5.56 Å². The summed E-state index contributed by atoms with van der Waals surface area (Å²) in [4.78, 5) is 24.1. The molecule has 108 valence electrons. The largest absolute Gasteiger partial charge is 0.338 e. The van der Waals surface area contributed by atoms with E-state index in [0.717, 1.165) is 17.5 Å². The number of rotatable bonds is 5. The van der Waals surface area contributed by atoms with E-state index in [1.807, 2.05) is 18.2 Å². The van der Waals surface area contributed by atoms with Gasteiger partial charge in [0.15, 0.2) is 0 Å². The van der Waals surface area contributed by atoms with Crippen LogP contribution in [0.15, 0.2) is 29.1 Å². The van der Waals surface area contributed by atoms with Gasteiger partial charge >= 0.3 is 6.03 Å². The summed E-state index contributed by atoms with van der Waals surface area (Å²) in [5, 5.41) is 3.41. The minimum absolute atomic E-state index is 0.231. The second-order valence-electron chi connectivity index (χ2n) is 5.31. The number of amides is 1. The molecule has 5 heteroatoms. The fourth-order valence-corrected chi connectivity index (χ4v) is 2.97. The predicted octanol–water partition coefficient (Wildman–Crippen LogP) is 3.45. The smallest absolute Gasteiger partial charge is 0.337 e. The molecule has 0 aliphatic heterocycles. The number of nitrogens with zero attached hydrogens (tertiary/aromatic N) is 1. The number of nitrogens with one attached hydrogen (secondary N) is 1. The zero-order valence-corrected chi connectivity index (χ0v) is 12.7. The maximum Gasteiger partial charge on any atom is 0.338 e. The van der Waals surface area contributed by atoms with Crippen molar-refractivity contribution in [1.29, 1.82) is 0 Å².